The molecule has 0 unspecified atom stereocenters. The topological polar surface area (TPSA) is 0 Å². The second-order valence-electron chi connectivity index (χ2n) is 4.34. The first kappa shape index (κ1) is 13.4. The molecule has 0 aliphatic rings. The van der Waals surface area contributed by atoms with Crippen LogP contribution in [0.1, 0.15) is 19.4 Å². The Morgan fingerprint density at radius 3 is 1.95 bits per heavy atom. The summed E-state index contributed by atoms with van der Waals surface area (Å²) in [4.78, 5) is 0. The Morgan fingerprint density at radius 2 is 1.16 bits per heavy atom. The van der Waals surface area contributed by atoms with Gasteiger partial charge in [-0.25, -0.2) is 0 Å². The molecule has 0 saturated heterocycles. The minimum absolute atomic E-state index is 1.30. The first-order chi connectivity index (χ1) is 9.36. The summed E-state index contributed by atoms with van der Waals surface area (Å²) in [6.07, 6.45) is 0. The van der Waals surface area contributed by atoms with Crippen LogP contribution in [-0.2, 0) is 0 Å². The molecule has 3 aromatic carbocycles. The van der Waals surface area contributed by atoms with E-state index in [1.165, 1.54) is 27.5 Å². The van der Waals surface area contributed by atoms with Crippen LogP contribution in [0.4, 0.5) is 0 Å². The molecule has 0 fully saturated rings. The maximum Gasteiger partial charge on any atom is -0.0103 e. The second kappa shape index (κ2) is 6.19. The highest BCUT2D eigenvalue weighted by Gasteiger charge is 2.04. The summed E-state index contributed by atoms with van der Waals surface area (Å²) in [6.45, 7) is 6.16. The van der Waals surface area contributed by atoms with Gasteiger partial charge in [-0.15, -0.1) is 0 Å². The smallest absolute Gasteiger partial charge is 0.0103 e. The van der Waals surface area contributed by atoms with Gasteiger partial charge in [0.15, 0.2) is 0 Å². The van der Waals surface area contributed by atoms with Crippen LogP contribution in [0, 0.1) is 6.92 Å². The third-order valence-electron chi connectivity index (χ3n) is 3.22. The fourth-order valence-corrected chi connectivity index (χ4v) is 2.34. The summed E-state index contributed by atoms with van der Waals surface area (Å²) in [5.41, 5.74) is 3.97. The van der Waals surface area contributed by atoms with Crippen LogP contribution in [0.2, 0.25) is 0 Å². The van der Waals surface area contributed by atoms with E-state index in [1.807, 2.05) is 13.8 Å². The first-order valence-electron chi connectivity index (χ1n) is 6.90. The molecule has 0 aromatic heterocycles. The Balaban J connectivity index is 0.000000637. The fraction of sp³-hybridized carbons (Fsp3) is 0.158. The predicted octanol–water partition coefficient (Wildman–Crippen LogP) is 5.84. The molecule has 0 N–H and O–H groups in total. The van der Waals surface area contributed by atoms with Gasteiger partial charge in [0.05, 0.1) is 0 Å². The van der Waals surface area contributed by atoms with Gasteiger partial charge in [-0.05, 0) is 34.4 Å². The van der Waals surface area contributed by atoms with Crippen LogP contribution in [0.15, 0.2) is 66.7 Å². The summed E-state index contributed by atoms with van der Waals surface area (Å²) in [7, 11) is 0. The summed E-state index contributed by atoms with van der Waals surface area (Å²) in [5.74, 6) is 0. The van der Waals surface area contributed by atoms with E-state index in [1.54, 1.807) is 0 Å². The molecule has 3 rings (SSSR count). The molecule has 0 aliphatic heterocycles. The quantitative estimate of drug-likeness (QED) is 0.507. The van der Waals surface area contributed by atoms with Crippen molar-refractivity contribution in [2.45, 2.75) is 20.8 Å². The molecule has 0 atom stereocenters. The lowest BCUT2D eigenvalue weighted by molar-refractivity contribution is 1.47. The second-order valence-corrected chi connectivity index (χ2v) is 4.34. The lowest BCUT2D eigenvalue weighted by atomic mass is 9.95. The minimum atomic E-state index is 1.30. The zero-order valence-electron chi connectivity index (χ0n) is 11.9. The van der Waals surface area contributed by atoms with Crippen molar-refractivity contribution in [1.82, 2.24) is 0 Å². The molecule has 96 valence electrons. The predicted molar refractivity (Wildman–Crippen MR) is 85.5 cm³/mol. The lowest BCUT2D eigenvalue weighted by Crippen LogP contribution is -1.84. The van der Waals surface area contributed by atoms with Crippen molar-refractivity contribution < 1.29 is 0 Å². The van der Waals surface area contributed by atoms with Crippen molar-refractivity contribution in [2.75, 3.05) is 0 Å². The van der Waals surface area contributed by atoms with Gasteiger partial charge >= 0.3 is 0 Å². The first-order valence-corrected chi connectivity index (χ1v) is 6.90. The Morgan fingerprint density at radius 1 is 0.579 bits per heavy atom. The van der Waals surface area contributed by atoms with E-state index in [0.29, 0.717) is 0 Å². The molecular weight excluding hydrogens is 228 g/mol. The molecule has 3 aromatic rings. The maximum atomic E-state index is 2.20. The molecule has 0 amide bonds. The molecule has 19 heavy (non-hydrogen) atoms. The van der Waals surface area contributed by atoms with Crippen LogP contribution in [0.5, 0.6) is 0 Å². The van der Waals surface area contributed by atoms with E-state index < -0.39 is 0 Å². The normalized spacial score (nSPS) is 9.84. The average Bonchev–Trinajstić information content (AvgIpc) is 2.49. The number of hydrogen-bond donors (Lipinski definition) is 0. The van der Waals surface area contributed by atoms with Crippen molar-refractivity contribution in [3.63, 3.8) is 0 Å². The van der Waals surface area contributed by atoms with E-state index in [2.05, 4.69) is 73.7 Å². The van der Waals surface area contributed by atoms with Crippen LogP contribution in [0.3, 0.4) is 0 Å². The lowest BCUT2D eigenvalue weighted by Gasteiger charge is -2.09. The van der Waals surface area contributed by atoms with Gasteiger partial charge in [-0.1, -0.05) is 80.6 Å². The Kier molecular flexibility index (Phi) is 4.35. The zero-order chi connectivity index (χ0) is 13.7. The number of aryl methyl sites for hydroxylation is 1. The molecule has 0 nitrogen and oxygen atoms in total. The molecule has 0 aliphatic carbocycles. The van der Waals surface area contributed by atoms with Crippen LogP contribution in [-0.4, -0.2) is 0 Å². The van der Waals surface area contributed by atoms with Crippen molar-refractivity contribution >= 4 is 10.8 Å². The van der Waals surface area contributed by atoms with Crippen LogP contribution >= 0.6 is 0 Å². The largest absolute Gasteiger partial charge is 0.0683 e. The van der Waals surface area contributed by atoms with Crippen molar-refractivity contribution in [3.05, 3.63) is 72.3 Å². The Bertz CT molecular complexity index is 660. The van der Waals surface area contributed by atoms with Crippen molar-refractivity contribution in [3.8, 4) is 11.1 Å². The minimum Gasteiger partial charge on any atom is -0.0683 e. The van der Waals surface area contributed by atoms with Gasteiger partial charge < -0.3 is 0 Å². The highest BCUT2D eigenvalue weighted by Crippen LogP contribution is 2.30. The fourth-order valence-electron chi connectivity index (χ4n) is 2.34. The third-order valence-corrected chi connectivity index (χ3v) is 3.22. The van der Waals surface area contributed by atoms with Crippen molar-refractivity contribution in [1.29, 1.82) is 0 Å². The zero-order valence-corrected chi connectivity index (χ0v) is 11.9. The van der Waals surface area contributed by atoms with E-state index in [-0.39, 0.29) is 0 Å². The highest BCUT2D eigenvalue weighted by atomic mass is 14.1. The van der Waals surface area contributed by atoms with E-state index >= 15 is 0 Å². The standard InChI is InChI=1S/C17H14.C2H6/c1-13-7-2-4-10-15(13)17-12-6-9-14-8-3-5-11-16(14)17;1-2/h2-12H,1H3;1-2H3. The molecule has 0 spiro atoms. The molecule has 0 bridgehead atoms. The molecular formula is C19H20. The summed E-state index contributed by atoms with van der Waals surface area (Å²) < 4.78 is 0. The Hall–Kier alpha value is -2.08. The summed E-state index contributed by atoms with van der Waals surface area (Å²) in [6, 6.07) is 23.6. The van der Waals surface area contributed by atoms with Gasteiger partial charge in [0.25, 0.3) is 0 Å². The number of hydrogen-bond acceptors (Lipinski definition) is 0. The molecule has 0 radical (unpaired) electrons. The number of benzene rings is 3. The summed E-state index contributed by atoms with van der Waals surface area (Å²) >= 11 is 0. The highest BCUT2D eigenvalue weighted by molar-refractivity contribution is 5.97. The molecule has 0 heterocycles. The van der Waals surface area contributed by atoms with Crippen LogP contribution in [0.25, 0.3) is 21.9 Å². The SMILES string of the molecule is CC.Cc1ccccc1-c1cccc2ccccc12. The number of rotatable bonds is 1. The molecule has 0 saturated carbocycles. The Labute approximate surface area is 115 Å². The maximum absolute atomic E-state index is 2.20. The van der Waals surface area contributed by atoms with Gasteiger partial charge in [-0.2, -0.15) is 0 Å². The van der Waals surface area contributed by atoms with E-state index in [0.717, 1.165) is 0 Å². The van der Waals surface area contributed by atoms with Crippen LogP contribution < -0.4 is 0 Å². The van der Waals surface area contributed by atoms with E-state index in [9.17, 15) is 0 Å². The average molecular weight is 248 g/mol. The summed E-state index contributed by atoms with van der Waals surface area (Å²) in [5, 5.41) is 2.62. The molecule has 0 heteroatoms. The third kappa shape index (κ3) is 2.68. The number of fused-ring (bicyclic) bond motifs is 1. The monoisotopic (exact) mass is 248 g/mol. The van der Waals surface area contributed by atoms with Crippen molar-refractivity contribution in [2.24, 2.45) is 0 Å². The van der Waals surface area contributed by atoms with Gasteiger partial charge in [0.1, 0.15) is 0 Å². The van der Waals surface area contributed by atoms with Gasteiger partial charge in [0, 0.05) is 0 Å². The van der Waals surface area contributed by atoms with Gasteiger partial charge in [-0.3, -0.25) is 0 Å². The van der Waals surface area contributed by atoms with Gasteiger partial charge in [0.2, 0.25) is 0 Å². The van der Waals surface area contributed by atoms with E-state index in [4.69, 9.17) is 0 Å².